The number of hydrogen-bond acceptors (Lipinski definition) is 1. The molecule has 0 aliphatic heterocycles. The van der Waals surface area contributed by atoms with Gasteiger partial charge in [-0.2, -0.15) is 0 Å². The third-order valence-corrected chi connectivity index (χ3v) is 2.94. The summed E-state index contributed by atoms with van der Waals surface area (Å²) in [5.41, 5.74) is 2.27. The second kappa shape index (κ2) is 3.02. The van der Waals surface area contributed by atoms with Gasteiger partial charge in [-0.15, -0.1) is 0 Å². The van der Waals surface area contributed by atoms with Crippen LogP contribution in [-0.4, -0.2) is 11.2 Å². The van der Waals surface area contributed by atoms with Gasteiger partial charge >= 0.3 is 0 Å². The topological polar surface area (TPSA) is 20.2 Å². The van der Waals surface area contributed by atoms with Crippen LogP contribution in [0.5, 0.6) is 0 Å². The Labute approximate surface area is 84.5 Å². The Morgan fingerprint density at radius 1 is 1.42 bits per heavy atom. The van der Waals surface area contributed by atoms with E-state index in [2.05, 4.69) is 15.9 Å². The monoisotopic (exact) mass is 246 g/mol. The van der Waals surface area contributed by atoms with Crippen LogP contribution in [0.3, 0.4) is 0 Å². The molecular formula is C9H8BrClO. The normalized spacial score (nSPS) is 21.1. The molecule has 0 heterocycles. The first-order chi connectivity index (χ1) is 5.66. The Morgan fingerprint density at radius 2 is 2.17 bits per heavy atom. The van der Waals surface area contributed by atoms with Gasteiger partial charge < -0.3 is 5.11 Å². The van der Waals surface area contributed by atoms with Crippen LogP contribution in [0, 0.1) is 0 Å². The highest BCUT2D eigenvalue weighted by atomic mass is 79.9. The van der Waals surface area contributed by atoms with Crippen LogP contribution < -0.4 is 0 Å². The zero-order chi connectivity index (χ0) is 8.72. The highest BCUT2D eigenvalue weighted by Gasteiger charge is 2.21. The van der Waals surface area contributed by atoms with Gasteiger partial charge in [-0.1, -0.05) is 27.5 Å². The Hall–Kier alpha value is -0.0500. The van der Waals surface area contributed by atoms with E-state index in [4.69, 9.17) is 11.6 Å². The first-order valence-corrected chi connectivity index (χ1v) is 4.99. The van der Waals surface area contributed by atoms with E-state index in [9.17, 15) is 5.11 Å². The average molecular weight is 248 g/mol. The summed E-state index contributed by atoms with van der Waals surface area (Å²) in [5.74, 6) is 0. The van der Waals surface area contributed by atoms with Crippen molar-refractivity contribution in [2.24, 2.45) is 0 Å². The number of rotatable bonds is 0. The van der Waals surface area contributed by atoms with Crippen LogP contribution in [-0.2, 0) is 12.8 Å². The minimum absolute atomic E-state index is 0.244. The second-order valence-corrected chi connectivity index (χ2v) is 4.41. The molecular weight excluding hydrogens is 239 g/mol. The van der Waals surface area contributed by atoms with Crippen LogP contribution in [0.15, 0.2) is 16.6 Å². The fraction of sp³-hybridized carbons (Fsp3) is 0.333. The lowest BCUT2D eigenvalue weighted by atomic mass is 10.1. The molecule has 1 atom stereocenters. The first kappa shape index (κ1) is 8.54. The molecule has 12 heavy (non-hydrogen) atoms. The van der Waals surface area contributed by atoms with Crippen LogP contribution >= 0.6 is 27.5 Å². The van der Waals surface area contributed by atoms with Crippen molar-refractivity contribution in [1.29, 1.82) is 0 Å². The van der Waals surface area contributed by atoms with E-state index in [1.807, 2.05) is 12.1 Å². The van der Waals surface area contributed by atoms with Crippen molar-refractivity contribution in [3.05, 3.63) is 32.8 Å². The molecule has 0 amide bonds. The van der Waals surface area contributed by atoms with E-state index >= 15 is 0 Å². The summed E-state index contributed by atoms with van der Waals surface area (Å²) in [6.07, 6.45) is 1.18. The number of benzene rings is 1. The largest absolute Gasteiger partial charge is 0.392 e. The molecule has 0 saturated carbocycles. The molecule has 1 N–H and O–H groups in total. The zero-order valence-corrected chi connectivity index (χ0v) is 8.69. The molecule has 0 bridgehead atoms. The summed E-state index contributed by atoms with van der Waals surface area (Å²) in [6, 6.07) is 3.90. The van der Waals surface area contributed by atoms with Gasteiger partial charge in [0.2, 0.25) is 0 Å². The van der Waals surface area contributed by atoms with Crippen LogP contribution in [0.2, 0.25) is 5.02 Å². The quantitative estimate of drug-likeness (QED) is 0.747. The summed E-state index contributed by atoms with van der Waals surface area (Å²) in [5, 5.41) is 10.2. The third kappa shape index (κ3) is 1.39. The predicted octanol–water partition coefficient (Wildman–Crippen LogP) is 2.56. The van der Waals surface area contributed by atoms with Crippen molar-refractivity contribution < 1.29 is 5.11 Å². The molecule has 3 heteroatoms. The van der Waals surface area contributed by atoms with Crippen LogP contribution in [0.1, 0.15) is 11.1 Å². The maximum Gasteiger partial charge on any atom is 0.0621 e. The van der Waals surface area contributed by atoms with Crippen LogP contribution in [0.25, 0.3) is 0 Å². The summed E-state index contributed by atoms with van der Waals surface area (Å²) >= 11 is 9.37. The van der Waals surface area contributed by atoms with E-state index in [0.717, 1.165) is 21.5 Å². The minimum atomic E-state index is -0.244. The first-order valence-electron chi connectivity index (χ1n) is 3.81. The predicted molar refractivity (Wildman–Crippen MR) is 52.6 cm³/mol. The van der Waals surface area contributed by atoms with Gasteiger partial charge in [0.05, 0.1) is 6.10 Å². The standard InChI is InChI=1S/C9H8BrClO/c10-6-1-5-2-7(12)4-8(5)9(11)3-6/h1,3,7,12H,2,4H2. The number of fused-ring (bicyclic) bond motifs is 1. The Morgan fingerprint density at radius 3 is 2.92 bits per heavy atom. The zero-order valence-electron chi connectivity index (χ0n) is 6.35. The Balaban J connectivity index is 2.52. The highest BCUT2D eigenvalue weighted by Crippen LogP contribution is 2.32. The number of halogens is 2. The second-order valence-electron chi connectivity index (χ2n) is 3.09. The van der Waals surface area contributed by atoms with Gasteiger partial charge in [-0.25, -0.2) is 0 Å². The highest BCUT2D eigenvalue weighted by molar-refractivity contribution is 9.10. The molecule has 0 saturated heterocycles. The molecule has 1 aromatic carbocycles. The molecule has 0 aromatic heterocycles. The van der Waals surface area contributed by atoms with Gasteiger partial charge in [-0.3, -0.25) is 0 Å². The molecule has 1 aromatic rings. The lowest BCUT2D eigenvalue weighted by molar-refractivity contribution is 0.187. The molecule has 0 fully saturated rings. The number of aliphatic hydroxyl groups excluding tert-OH is 1. The molecule has 1 nitrogen and oxygen atoms in total. The summed E-state index contributed by atoms with van der Waals surface area (Å²) < 4.78 is 0.986. The van der Waals surface area contributed by atoms with Crippen molar-refractivity contribution in [3.63, 3.8) is 0 Å². The average Bonchev–Trinajstić information content (AvgIpc) is 2.29. The Kier molecular flexibility index (Phi) is 2.15. The van der Waals surface area contributed by atoms with Gasteiger partial charge in [0.15, 0.2) is 0 Å². The SMILES string of the molecule is OC1Cc2cc(Br)cc(Cl)c2C1. The maximum atomic E-state index is 9.39. The Bertz CT molecular complexity index is 325. The van der Waals surface area contributed by atoms with E-state index in [1.54, 1.807) is 0 Å². The molecule has 2 rings (SSSR count). The van der Waals surface area contributed by atoms with E-state index in [1.165, 1.54) is 5.56 Å². The molecule has 1 aliphatic rings. The lowest BCUT2D eigenvalue weighted by Gasteiger charge is -2.01. The van der Waals surface area contributed by atoms with Crippen molar-refractivity contribution in [2.45, 2.75) is 18.9 Å². The van der Waals surface area contributed by atoms with Gasteiger partial charge in [-0.05, 0) is 29.7 Å². The maximum absolute atomic E-state index is 9.39. The third-order valence-electron chi connectivity index (χ3n) is 2.15. The molecule has 0 radical (unpaired) electrons. The van der Waals surface area contributed by atoms with Crippen molar-refractivity contribution >= 4 is 27.5 Å². The molecule has 1 unspecified atom stereocenters. The number of aliphatic hydroxyl groups is 1. The van der Waals surface area contributed by atoms with Gasteiger partial charge in [0.25, 0.3) is 0 Å². The van der Waals surface area contributed by atoms with E-state index < -0.39 is 0 Å². The molecule has 64 valence electrons. The summed E-state index contributed by atoms with van der Waals surface area (Å²) in [6.45, 7) is 0. The van der Waals surface area contributed by atoms with Gasteiger partial charge in [0, 0.05) is 15.9 Å². The fourth-order valence-electron chi connectivity index (χ4n) is 1.63. The summed E-state index contributed by atoms with van der Waals surface area (Å²) in [4.78, 5) is 0. The smallest absolute Gasteiger partial charge is 0.0621 e. The molecule has 1 aliphatic carbocycles. The number of hydrogen-bond donors (Lipinski definition) is 1. The van der Waals surface area contributed by atoms with E-state index in [-0.39, 0.29) is 6.10 Å². The lowest BCUT2D eigenvalue weighted by Crippen LogP contribution is -2.03. The van der Waals surface area contributed by atoms with Crippen LogP contribution in [0.4, 0.5) is 0 Å². The summed E-state index contributed by atoms with van der Waals surface area (Å²) in [7, 11) is 0. The van der Waals surface area contributed by atoms with Crippen molar-refractivity contribution in [1.82, 2.24) is 0 Å². The van der Waals surface area contributed by atoms with Crippen molar-refractivity contribution in [2.75, 3.05) is 0 Å². The van der Waals surface area contributed by atoms with Gasteiger partial charge in [0.1, 0.15) is 0 Å². The minimum Gasteiger partial charge on any atom is -0.392 e. The molecule has 0 spiro atoms. The van der Waals surface area contributed by atoms with E-state index in [0.29, 0.717) is 6.42 Å². The van der Waals surface area contributed by atoms with Crippen molar-refractivity contribution in [3.8, 4) is 0 Å². The fourth-order valence-corrected chi connectivity index (χ4v) is 2.58.